The monoisotopic (exact) mass is 321 g/mol. The number of carbonyl (C=O) groups excluding carboxylic acids is 2. The van der Waals surface area contributed by atoms with E-state index in [4.69, 9.17) is 0 Å². The van der Waals surface area contributed by atoms with Crippen molar-refractivity contribution in [3.63, 3.8) is 0 Å². The zero-order chi connectivity index (χ0) is 16.2. The molecule has 2 saturated heterocycles. The van der Waals surface area contributed by atoms with Gasteiger partial charge in [0.15, 0.2) is 0 Å². The van der Waals surface area contributed by atoms with Crippen molar-refractivity contribution in [1.82, 2.24) is 15.1 Å². The van der Waals surface area contributed by atoms with Crippen LogP contribution in [0.1, 0.15) is 51.9 Å². The minimum atomic E-state index is -0.126. The second-order valence-corrected chi connectivity index (χ2v) is 7.51. The third-order valence-corrected chi connectivity index (χ3v) is 6.01. The molecule has 0 unspecified atom stereocenters. The molecule has 1 saturated carbocycles. The van der Waals surface area contributed by atoms with Crippen molar-refractivity contribution < 1.29 is 9.59 Å². The molecule has 3 aliphatic rings. The summed E-state index contributed by atoms with van der Waals surface area (Å²) in [5.74, 6) is 0.758. The standard InChI is InChI=1S/C18H31N3O2/c1-2-20-9-7-14(8-10-20)12-19-18(23)15-11-17(22)21(13-15)16-5-3-4-6-16/h14-16H,2-13H2,1H3,(H,19,23)/t15-/m0/s1. The Balaban J connectivity index is 1.41. The van der Waals surface area contributed by atoms with Gasteiger partial charge < -0.3 is 15.1 Å². The van der Waals surface area contributed by atoms with Gasteiger partial charge in [-0.15, -0.1) is 0 Å². The van der Waals surface area contributed by atoms with Gasteiger partial charge in [0.1, 0.15) is 0 Å². The van der Waals surface area contributed by atoms with Crippen molar-refractivity contribution in [3.05, 3.63) is 0 Å². The van der Waals surface area contributed by atoms with Gasteiger partial charge in [-0.2, -0.15) is 0 Å². The molecule has 1 N–H and O–H groups in total. The van der Waals surface area contributed by atoms with E-state index in [9.17, 15) is 9.59 Å². The Kier molecular flexibility index (Phi) is 5.57. The highest BCUT2D eigenvalue weighted by Gasteiger charge is 2.38. The number of rotatable bonds is 5. The molecule has 3 rings (SSSR count). The molecule has 0 aromatic carbocycles. The van der Waals surface area contributed by atoms with E-state index < -0.39 is 0 Å². The molecule has 0 aromatic heterocycles. The SMILES string of the molecule is CCN1CCC(CNC(=O)[C@H]2CC(=O)N(C3CCCC3)C2)CC1. The summed E-state index contributed by atoms with van der Waals surface area (Å²) in [6.45, 7) is 7.05. The molecule has 1 aliphatic carbocycles. The van der Waals surface area contributed by atoms with Crippen LogP contribution in [-0.4, -0.2) is 60.4 Å². The minimum Gasteiger partial charge on any atom is -0.356 e. The summed E-state index contributed by atoms with van der Waals surface area (Å²) in [6.07, 6.45) is 7.45. The molecule has 23 heavy (non-hydrogen) atoms. The molecule has 0 aromatic rings. The summed E-state index contributed by atoms with van der Waals surface area (Å²) in [6, 6.07) is 0.402. The minimum absolute atomic E-state index is 0.0942. The lowest BCUT2D eigenvalue weighted by atomic mass is 9.96. The lowest BCUT2D eigenvalue weighted by Crippen LogP contribution is -2.41. The Morgan fingerprint density at radius 3 is 2.52 bits per heavy atom. The third-order valence-electron chi connectivity index (χ3n) is 6.01. The quantitative estimate of drug-likeness (QED) is 0.837. The van der Waals surface area contributed by atoms with E-state index in [1.165, 1.54) is 25.7 Å². The number of carbonyl (C=O) groups is 2. The number of nitrogens with one attached hydrogen (secondary N) is 1. The molecule has 0 spiro atoms. The van der Waals surface area contributed by atoms with Crippen molar-refractivity contribution in [2.45, 2.75) is 57.9 Å². The number of piperidine rings is 1. The van der Waals surface area contributed by atoms with Crippen LogP contribution < -0.4 is 5.32 Å². The van der Waals surface area contributed by atoms with Crippen LogP contribution in [-0.2, 0) is 9.59 Å². The number of amides is 2. The van der Waals surface area contributed by atoms with Gasteiger partial charge in [0, 0.05) is 25.6 Å². The van der Waals surface area contributed by atoms with Crippen LogP contribution in [0, 0.1) is 11.8 Å². The van der Waals surface area contributed by atoms with Gasteiger partial charge in [0.25, 0.3) is 0 Å². The molecule has 2 amide bonds. The van der Waals surface area contributed by atoms with Gasteiger partial charge in [0.05, 0.1) is 5.92 Å². The largest absolute Gasteiger partial charge is 0.356 e. The number of hydrogen-bond acceptors (Lipinski definition) is 3. The van der Waals surface area contributed by atoms with Gasteiger partial charge >= 0.3 is 0 Å². The van der Waals surface area contributed by atoms with Gasteiger partial charge in [-0.05, 0) is 51.2 Å². The molecule has 5 heteroatoms. The Hall–Kier alpha value is -1.10. The number of hydrogen-bond donors (Lipinski definition) is 1. The lowest BCUT2D eigenvalue weighted by molar-refractivity contribution is -0.130. The van der Waals surface area contributed by atoms with E-state index in [2.05, 4.69) is 17.1 Å². The fourth-order valence-corrected chi connectivity index (χ4v) is 4.37. The molecule has 0 radical (unpaired) electrons. The van der Waals surface area contributed by atoms with Crippen LogP contribution >= 0.6 is 0 Å². The van der Waals surface area contributed by atoms with Crippen LogP contribution in [0.5, 0.6) is 0 Å². The van der Waals surface area contributed by atoms with E-state index in [0.29, 0.717) is 24.9 Å². The molecule has 2 aliphatic heterocycles. The van der Waals surface area contributed by atoms with Gasteiger partial charge in [-0.25, -0.2) is 0 Å². The highest BCUT2D eigenvalue weighted by molar-refractivity contribution is 5.89. The van der Waals surface area contributed by atoms with Crippen molar-refractivity contribution in [3.8, 4) is 0 Å². The van der Waals surface area contributed by atoms with Crippen LogP contribution in [0.3, 0.4) is 0 Å². The predicted octanol–water partition coefficient (Wildman–Crippen LogP) is 1.63. The average Bonchev–Trinajstić information content (AvgIpc) is 3.22. The Morgan fingerprint density at radius 2 is 1.87 bits per heavy atom. The number of likely N-dealkylation sites (tertiary alicyclic amines) is 2. The first kappa shape index (κ1) is 16.7. The topological polar surface area (TPSA) is 52.7 Å². The zero-order valence-corrected chi connectivity index (χ0v) is 14.4. The maximum Gasteiger partial charge on any atom is 0.225 e. The summed E-state index contributed by atoms with van der Waals surface area (Å²) >= 11 is 0. The highest BCUT2D eigenvalue weighted by Crippen LogP contribution is 2.29. The first-order valence-electron chi connectivity index (χ1n) is 9.47. The molecular formula is C18H31N3O2. The highest BCUT2D eigenvalue weighted by atomic mass is 16.2. The van der Waals surface area contributed by atoms with E-state index in [1.54, 1.807) is 0 Å². The molecular weight excluding hydrogens is 290 g/mol. The normalized spacial score (nSPS) is 27.8. The Bertz CT molecular complexity index is 426. The van der Waals surface area contributed by atoms with Crippen LogP contribution in [0.15, 0.2) is 0 Å². The average molecular weight is 321 g/mol. The van der Waals surface area contributed by atoms with Crippen molar-refractivity contribution >= 4 is 11.8 Å². The third kappa shape index (κ3) is 4.06. The van der Waals surface area contributed by atoms with Crippen LogP contribution in [0.4, 0.5) is 0 Å². The second kappa shape index (κ2) is 7.65. The summed E-state index contributed by atoms with van der Waals surface area (Å²) in [4.78, 5) is 29.1. The van der Waals surface area contributed by atoms with Gasteiger partial charge in [-0.3, -0.25) is 9.59 Å². The smallest absolute Gasteiger partial charge is 0.225 e. The Morgan fingerprint density at radius 1 is 1.17 bits per heavy atom. The Labute approximate surface area is 139 Å². The summed E-state index contributed by atoms with van der Waals surface area (Å²) in [5.41, 5.74) is 0. The summed E-state index contributed by atoms with van der Waals surface area (Å²) < 4.78 is 0. The van der Waals surface area contributed by atoms with Crippen molar-refractivity contribution in [1.29, 1.82) is 0 Å². The van der Waals surface area contributed by atoms with Crippen molar-refractivity contribution in [2.24, 2.45) is 11.8 Å². The first-order valence-corrected chi connectivity index (χ1v) is 9.47. The molecule has 2 heterocycles. The maximum atomic E-state index is 12.4. The van der Waals surface area contributed by atoms with Crippen LogP contribution in [0.2, 0.25) is 0 Å². The van der Waals surface area contributed by atoms with Gasteiger partial charge in [-0.1, -0.05) is 19.8 Å². The molecule has 1 atom stereocenters. The molecule has 3 fully saturated rings. The summed E-state index contributed by atoms with van der Waals surface area (Å²) in [5, 5.41) is 3.12. The van der Waals surface area contributed by atoms with E-state index in [0.717, 1.165) is 39.0 Å². The maximum absolute atomic E-state index is 12.4. The fraction of sp³-hybridized carbons (Fsp3) is 0.889. The first-order chi connectivity index (χ1) is 11.2. The second-order valence-electron chi connectivity index (χ2n) is 7.51. The summed E-state index contributed by atoms with van der Waals surface area (Å²) in [7, 11) is 0. The molecule has 0 bridgehead atoms. The van der Waals surface area contributed by atoms with Crippen LogP contribution in [0.25, 0.3) is 0 Å². The number of nitrogens with zero attached hydrogens (tertiary/aromatic N) is 2. The fourth-order valence-electron chi connectivity index (χ4n) is 4.37. The molecule has 5 nitrogen and oxygen atoms in total. The lowest BCUT2D eigenvalue weighted by Gasteiger charge is -2.31. The predicted molar refractivity (Wildman–Crippen MR) is 89.9 cm³/mol. The van der Waals surface area contributed by atoms with E-state index in [1.807, 2.05) is 4.90 Å². The molecule has 130 valence electrons. The van der Waals surface area contributed by atoms with E-state index in [-0.39, 0.29) is 17.7 Å². The van der Waals surface area contributed by atoms with Crippen molar-refractivity contribution in [2.75, 3.05) is 32.7 Å². The van der Waals surface area contributed by atoms with Gasteiger partial charge in [0.2, 0.25) is 11.8 Å². The zero-order valence-electron chi connectivity index (χ0n) is 14.4. The van der Waals surface area contributed by atoms with E-state index >= 15 is 0 Å².